The van der Waals surface area contributed by atoms with Crippen molar-refractivity contribution in [2.45, 2.75) is 53.2 Å². The lowest BCUT2D eigenvalue weighted by Crippen LogP contribution is -2.35. The lowest BCUT2D eigenvalue weighted by Gasteiger charge is -2.20. The van der Waals surface area contributed by atoms with Crippen LogP contribution in [0.25, 0.3) is 0 Å². The summed E-state index contributed by atoms with van der Waals surface area (Å²) in [5, 5.41) is 3.50. The van der Waals surface area contributed by atoms with Gasteiger partial charge in [-0.05, 0) is 26.2 Å². The summed E-state index contributed by atoms with van der Waals surface area (Å²) in [6.07, 6.45) is 1.54. The minimum Gasteiger partial charge on any atom is -0.377 e. The van der Waals surface area contributed by atoms with Crippen molar-refractivity contribution in [3.63, 3.8) is 0 Å². The molecule has 0 amide bonds. The van der Waals surface area contributed by atoms with Gasteiger partial charge in [0.25, 0.3) is 0 Å². The summed E-state index contributed by atoms with van der Waals surface area (Å²) < 4.78 is 5.45. The molecule has 0 fully saturated rings. The number of nitrogens with one attached hydrogen (secondary N) is 1. The Morgan fingerprint density at radius 2 is 1.77 bits per heavy atom. The van der Waals surface area contributed by atoms with E-state index in [1.54, 1.807) is 0 Å². The third-order valence-electron chi connectivity index (χ3n) is 2.20. The minimum atomic E-state index is 0.348. The summed E-state index contributed by atoms with van der Waals surface area (Å²) in [7, 11) is 0. The molecule has 0 aliphatic carbocycles. The zero-order valence-corrected chi connectivity index (χ0v) is 9.76. The first-order valence-electron chi connectivity index (χ1n) is 5.42. The smallest absolute Gasteiger partial charge is 0.0594 e. The van der Waals surface area contributed by atoms with Gasteiger partial charge in [0.05, 0.1) is 12.7 Å². The van der Waals surface area contributed by atoms with Crippen LogP contribution < -0.4 is 5.32 Å². The van der Waals surface area contributed by atoms with Gasteiger partial charge in [-0.3, -0.25) is 0 Å². The van der Waals surface area contributed by atoms with Crippen molar-refractivity contribution < 1.29 is 4.74 Å². The molecule has 2 nitrogen and oxygen atoms in total. The molecule has 0 rings (SSSR count). The van der Waals surface area contributed by atoms with E-state index in [-0.39, 0.29) is 0 Å². The Labute approximate surface area is 83.1 Å². The molecule has 13 heavy (non-hydrogen) atoms. The Kier molecular flexibility index (Phi) is 7.29. The standard InChI is InChI=1S/C11H25NO/c1-6-11(9(2)3)12-7-8-13-10(4)5/h9-12H,6-8H2,1-5H3. The van der Waals surface area contributed by atoms with E-state index >= 15 is 0 Å². The highest BCUT2D eigenvalue weighted by Crippen LogP contribution is 2.04. The van der Waals surface area contributed by atoms with Crippen LogP contribution in [0.1, 0.15) is 41.0 Å². The zero-order valence-electron chi connectivity index (χ0n) is 9.76. The molecule has 0 aromatic carbocycles. The van der Waals surface area contributed by atoms with E-state index in [9.17, 15) is 0 Å². The normalized spacial score (nSPS) is 14.1. The zero-order chi connectivity index (χ0) is 10.3. The van der Waals surface area contributed by atoms with Crippen molar-refractivity contribution in [3.8, 4) is 0 Å². The fourth-order valence-electron chi connectivity index (χ4n) is 1.39. The summed E-state index contributed by atoms with van der Waals surface area (Å²) in [5.74, 6) is 0.712. The Morgan fingerprint density at radius 1 is 1.15 bits per heavy atom. The molecule has 0 aromatic rings. The fraction of sp³-hybridized carbons (Fsp3) is 1.00. The molecule has 0 aliphatic rings. The minimum absolute atomic E-state index is 0.348. The lowest BCUT2D eigenvalue weighted by atomic mass is 10.0. The molecule has 0 aromatic heterocycles. The van der Waals surface area contributed by atoms with Gasteiger partial charge in [0.1, 0.15) is 0 Å². The summed E-state index contributed by atoms with van der Waals surface area (Å²) in [4.78, 5) is 0. The van der Waals surface area contributed by atoms with Gasteiger partial charge in [-0.1, -0.05) is 20.8 Å². The van der Waals surface area contributed by atoms with Crippen molar-refractivity contribution >= 4 is 0 Å². The second-order valence-electron chi connectivity index (χ2n) is 4.13. The molecular weight excluding hydrogens is 162 g/mol. The van der Waals surface area contributed by atoms with E-state index < -0.39 is 0 Å². The first-order valence-corrected chi connectivity index (χ1v) is 5.42. The summed E-state index contributed by atoms with van der Waals surface area (Å²) in [6.45, 7) is 12.7. The van der Waals surface area contributed by atoms with Gasteiger partial charge in [0.15, 0.2) is 0 Å². The van der Waals surface area contributed by atoms with Crippen LogP contribution in [0.5, 0.6) is 0 Å². The van der Waals surface area contributed by atoms with Crippen molar-refractivity contribution in [1.29, 1.82) is 0 Å². The number of rotatable bonds is 7. The predicted octanol–water partition coefficient (Wildman–Crippen LogP) is 2.44. The fourth-order valence-corrected chi connectivity index (χ4v) is 1.39. The second kappa shape index (κ2) is 7.34. The molecule has 1 atom stereocenters. The van der Waals surface area contributed by atoms with Gasteiger partial charge in [0.2, 0.25) is 0 Å². The van der Waals surface area contributed by atoms with E-state index in [1.807, 2.05) is 0 Å². The Morgan fingerprint density at radius 3 is 2.15 bits per heavy atom. The third-order valence-corrected chi connectivity index (χ3v) is 2.20. The summed E-state index contributed by atoms with van der Waals surface area (Å²) >= 11 is 0. The first kappa shape index (κ1) is 12.9. The third kappa shape index (κ3) is 7.03. The van der Waals surface area contributed by atoms with Crippen LogP contribution in [0.15, 0.2) is 0 Å². The van der Waals surface area contributed by atoms with E-state index in [4.69, 9.17) is 4.74 Å². The maximum atomic E-state index is 5.45. The summed E-state index contributed by atoms with van der Waals surface area (Å²) in [6, 6.07) is 0.635. The van der Waals surface area contributed by atoms with Gasteiger partial charge < -0.3 is 10.1 Å². The molecule has 0 saturated heterocycles. The quantitative estimate of drug-likeness (QED) is 0.618. The molecule has 2 heteroatoms. The Hall–Kier alpha value is -0.0800. The SMILES string of the molecule is CCC(NCCOC(C)C)C(C)C. The average Bonchev–Trinajstić information content (AvgIpc) is 2.03. The Bertz CT molecular complexity index is 113. The van der Waals surface area contributed by atoms with Crippen LogP contribution in [0.2, 0.25) is 0 Å². The number of hydrogen-bond donors (Lipinski definition) is 1. The van der Waals surface area contributed by atoms with Crippen LogP contribution in [0, 0.1) is 5.92 Å². The molecule has 1 unspecified atom stereocenters. The van der Waals surface area contributed by atoms with Gasteiger partial charge in [0, 0.05) is 12.6 Å². The predicted molar refractivity (Wildman–Crippen MR) is 58.0 cm³/mol. The first-order chi connectivity index (χ1) is 6.07. The molecule has 0 bridgehead atoms. The highest BCUT2D eigenvalue weighted by Gasteiger charge is 2.08. The molecule has 0 heterocycles. The largest absolute Gasteiger partial charge is 0.377 e. The lowest BCUT2D eigenvalue weighted by molar-refractivity contribution is 0.0783. The van der Waals surface area contributed by atoms with Crippen molar-refractivity contribution in [3.05, 3.63) is 0 Å². The van der Waals surface area contributed by atoms with Gasteiger partial charge >= 0.3 is 0 Å². The van der Waals surface area contributed by atoms with Crippen LogP contribution in [0.3, 0.4) is 0 Å². The van der Waals surface area contributed by atoms with Gasteiger partial charge in [-0.2, -0.15) is 0 Å². The van der Waals surface area contributed by atoms with Crippen LogP contribution in [0.4, 0.5) is 0 Å². The van der Waals surface area contributed by atoms with Crippen molar-refractivity contribution in [2.24, 2.45) is 5.92 Å². The van der Waals surface area contributed by atoms with Crippen molar-refractivity contribution in [1.82, 2.24) is 5.32 Å². The number of ether oxygens (including phenoxy) is 1. The topological polar surface area (TPSA) is 21.3 Å². The number of hydrogen-bond acceptors (Lipinski definition) is 2. The second-order valence-corrected chi connectivity index (χ2v) is 4.13. The highest BCUT2D eigenvalue weighted by molar-refractivity contribution is 4.67. The molecule has 80 valence electrons. The monoisotopic (exact) mass is 187 g/mol. The highest BCUT2D eigenvalue weighted by atomic mass is 16.5. The molecule has 0 spiro atoms. The van der Waals surface area contributed by atoms with Crippen molar-refractivity contribution in [2.75, 3.05) is 13.2 Å². The van der Waals surface area contributed by atoms with Gasteiger partial charge in [-0.15, -0.1) is 0 Å². The van der Waals surface area contributed by atoms with E-state index in [0.717, 1.165) is 13.2 Å². The van der Waals surface area contributed by atoms with Gasteiger partial charge in [-0.25, -0.2) is 0 Å². The van der Waals surface area contributed by atoms with E-state index in [0.29, 0.717) is 18.1 Å². The average molecular weight is 187 g/mol. The van der Waals surface area contributed by atoms with Crippen LogP contribution in [-0.2, 0) is 4.74 Å². The van der Waals surface area contributed by atoms with E-state index in [2.05, 4.69) is 39.9 Å². The van der Waals surface area contributed by atoms with E-state index in [1.165, 1.54) is 6.42 Å². The van der Waals surface area contributed by atoms with Crippen LogP contribution in [-0.4, -0.2) is 25.3 Å². The maximum Gasteiger partial charge on any atom is 0.0594 e. The molecule has 0 radical (unpaired) electrons. The maximum absolute atomic E-state index is 5.45. The molecular formula is C11H25NO. The van der Waals surface area contributed by atoms with Crippen LogP contribution >= 0.6 is 0 Å². The summed E-state index contributed by atoms with van der Waals surface area (Å²) in [5.41, 5.74) is 0. The molecule has 0 aliphatic heterocycles. The molecule has 0 saturated carbocycles. The molecule has 1 N–H and O–H groups in total. The Balaban J connectivity index is 3.39.